The molecule has 4 rings (SSSR count). The number of rotatable bonds is 5. The van der Waals surface area contributed by atoms with Gasteiger partial charge in [0.1, 0.15) is 0 Å². The van der Waals surface area contributed by atoms with E-state index in [4.69, 9.17) is 11.6 Å². The standard InChI is InChI=1S/C21H20ClN3O2/c1-13-4-2-3-5-19(13)25-20(26)11-18(21(25)27)23-9-8-14-12-24-17-7-6-15(22)10-16(14)17/h2-7,10,12,18,23-24H,8-9,11H2,1H3. The Hall–Kier alpha value is -2.63. The number of para-hydroxylation sites is 1. The average molecular weight is 382 g/mol. The lowest BCUT2D eigenvalue weighted by molar-refractivity contribution is -0.121. The van der Waals surface area contributed by atoms with Crippen LogP contribution in [0.25, 0.3) is 10.9 Å². The Balaban J connectivity index is 1.43. The summed E-state index contributed by atoms with van der Waals surface area (Å²) in [6.07, 6.45) is 2.89. The van der Waals surface area contributed by atoms with Crippen LogP contribution in [0.5, 0.6) is 0 Å². The zero-order valence-corrected chi connectivity index (χ0v) is 15.7. The number of aromatic nitrogens is 1. The molecule has 1 atom stereocenters. The number of aromatic amines is 1. The number of hydrogen-bond donors (Lipinski definition) is 2. The Morgan fingerprint density at radius 2 is 2.04 bits per heavy atom. The fourth-order valence-electron chi connectivity index (χ4n) is 3.60. The highest BCUT2D eigenvalue weighted by Gasteiger charge is 2.39. The predicted molar refractivity (Wildman–Crippen MR) is 107 cm³/mol. The Morgan fingerprint density at radius 3 is 2.85 bits per heavy atom. The van der Waals surface area contributed by atoms with Crippen molar-refractivity contribution < 1.29 is 9.59 Å². The van der Waals surface area contributed by atoms with Gasteiger partial charge in [-0.3, -0.25) is 9.59 Å². The van der Waals surface area contributed by atoms with Gasteiger partial charge in [-0.2, -0.15) is 0 Å². The third-order valence-corrected chi connectivity index (χ3v) is 5.25. The van der Waals surface area contributed by atoms with Gasteiger partial charge in [0.15, 0.2) is 0 Å². The number of carbonyl (C=O) groups excluding carboxylic acids is 2. The third-order valence-electron chi connectivity index (χ3n) is 5.02. The summed E-state index contributed by atoms with van der Waals surface area (Å²) in [5.74, 6) is -0.345. The molecule has 1 unspecified atom stereocenters. The zero-order valence-electron chi connectivity index (χ0n) is 15.0. The summed E-state index contributed by atoms with van der Waals surface area (Å²) in [6, 6.07) is 12.7. The number of nitrogens with zero attached hydrogens (tertiary/aromatic N) is 1. The topological polar surface area (TPSA) is 65.2 Å². The first-order valence-corrected chi connectivity index (χ1v) is 9.34. The van der Waals surface area contributed by atoms with Gasteiger partial charge in [-0.1, -0.05) is 29.8 Å². The Kier molecular flexibility index (Phi) is 4.72. The van der Waals surface area contributed by atoms with Crippen LogP contribution < -0.4 is 10.2 Å². The molecule has 0 spiro atoms. The first kappa shape index (κ1) is 17.8. The highest BCUT2D eigenvalue weighted by atomic mass is 35.5. The maximum absolute atomic E-state index is 12.7. The van der Waals surface area contributed by atoms with E-state index in [1.54, 1.807) is 0 Å². The van der Waals surface area contributed by atoms with Crippen LogP contribution in [0.1, 0.15) is 17.5 Å². The molecule has 0 aliphatic carbocycles. The van der Waals surface area contributed by atoms with E-state index in [2.05, 4.69) is 10.3 Å². The Labute approximate surface area is 162 Å². The highest BCUT2D eigenvalue weighted by Crippen LogP contribution is 2.26. The van der Waals surface area contributed by atoms with Gasteiger partial charge < -0.3 is 10.3 Å². The molecule has 0 saturated carbocycles. The van der Waals surface area contributed by atoms with E-state index in [0.717, 1.165) is 28.5 Å². The number of fused-ring (bicyclic) bond motifs is 1. The lowest BCUT2D eigenvalue weighted by atomic mass is 10.1. The molecule has 2 N–H and O–H groups in total. The minimum absolute atomic E-state index is 0.161. The van der Waals surface area contributed by atoms with Crippen LogP contribution in [0.2, 0.25) is 5.02 Å². The second kappa shape index (κ2) is 7.18. The molecule has 2 aromatic carbocycles. The summed E-state index contributed by atoms with van der Waals surface area (Å²) in [6.45, 7) is 2.50. The van der Waals surface area contributed by atoms with Gasteiger partial charge in [0.05, 0.1) is 18.2 Å². The lowest BCUT2D eigenvalue weighted by Crippen LogP contribution is -2.39. The second-order valence-corrected chi connectivity index (χ2v) is 7.25. The summed E-state index contributed by atoms with van der Waals surface area (Å²) in [7, 11) is 0. The summed E-state index contributed by atoms with van der Waals surface area (Å²) < 4.78 is 0. The van der Waals surface area contributed by atoms with Gasteiger partial charge in [0.25, 0.3) is 5.91 Å². The van der Waals surface area contributed by atoms with E-state index in [-0.39, 0.29) is 18.2 Å². The van der Waals surface area contributed by atoms with Crippen molar-refractivity contribution in [3.63, 3.8) is 0 Å². The largest absolute Gasteiger partial charge is 0.361 e. The van der Waals surface area contributed by atoms with Gasteiger partial charge in [0.2, 0.25) is 5.91 Å². The first-order chi connectivity index (χ1) is 13.0. The molecule has 1 aliphatic heterocycles. The smallest absolute Gasteiger partial charge is 0.251 e. The van der Waals surface area contributed by atoms with Crippen LogP contribution >= 0.6 is 11.6 Å². The molecule has 1 aliphatic rings. The summed E-state index contributed by atoms with van der Waals surface area (Å²) in [5.41, 5.74) is 3.75. The number of anilines is 1. The average Bonchev–Trinajstić information content (AvgIpc) is 3.16. The van der Waals surface area contributed by atoms with Crippen LogP contribution in [-0.4, -0.2) is 29.4 Å². The second-order valence-electron chi connectivity index (χ2n) is 6.82. The SMILES string of the molecule is Cc1ccccc1N1C(=O)CC(NCCc2c[nH]c3ccc(Cl)cc23)C1=O. The number of imide groups is 1. The van der Waals surface area contributed by atoms with Gasteiger partial charge in [-0.25, -0.2) is 4.90 Å². The van der Waals surface area contributed by atoms with E-state index in [1.807, 2.05) is 55.6 Å². The van der Waals surface area contributed by atoms with Crippen molar-refractivity contribution in [3.8, 4) is 0 Å². The van der Waals surface area contributed by atoms with Crippen LogP contribution in [0.4, 0.5) is 5.69 Å². The molecule has 2 heterocycles. The number of carbonyl (C=O) groups is 2. The monoisotopic (exact) mass is 381 g/mol. The first-order valence-electron chi connectivity index (χ1n) is 8.96. The molecular weight excluding hydrogens is 362 g/mol. The van der Waals surface area contributed by atoms with E-state index in [0.29, 0.717) is 17.3 Å². The molecule has 27 heavy (non-hydrogen) atoms. The molecule has 0 radical (unpaired) electrons. The van der Waals surface area contributed by atoms with Crippen LogP contribution in [0.3, 0.4) is 0 Å². The number of benzene rings is 2. The van der Waals surface area contributed by atoms with Crippen molar-refractivity contribution in [2.24, 2.45) is 0 Å². The van der Waals surface area contributed by atoms with Crippen LogP contribution in [-0.2, 0) is 16.0 Å². The van der Waals surface area contributed by atoms with Crippen molar-refractivity contribution in [1.82, 2.24) is 10.3 Å². The number of halogens is 1. The van der Waals surface area contributed by atoms with Crippen molar-refractivity contribution in [2.45, 2.75) is 25.8 Å². The van der Waals surface area contributed by atoms with Crippen molar-refractivity contribution in [3.05, 3.63) is 64.8 Å². The lowest BCUT2D eigenvalue weighted by Gasteiger charge is -2.17. The maximum atomic E-state index is 12.7. The van der Waals surface area contributed by atoms with Gasteiger partial charge in [-0.15, -0.1) is 0 Å². The predicted octanol–water partition coefficient (Wildman–Crippen LogP) is 3.59. The molecular formula is C21H20ClN3O2. The molecule has 5 nitrogen and oxygen atoms in total. The minimum atomic E-state index is -0.481. The van der Waals surface area contributed by atoms with Gasteiger partial charge >= 0.3 is 0 Å². The Morgan fingerprint density at radius 1 is 1.22 bits per heavy atom. The van der Waals surface area contributed by atoms with E-state index >= 15 is 0 Å². The van der Waals surface area contributed by atoms with E-state index < -0.39 is 6.04 Å². The van der Waals surface area contributed by atoms with Gasteiger partial charge in [-0.05, 0) is 48.7 Å². The van der Waals surface area contributed by atoms with Crippen molar-refractivity contribution in [1.29, 1.82) is 0 Å². The van der Waals surface area contributed by atoms with Crippen molar-refractivity contribution in [2.75, 3.05) is 11.4 Å². The zero-order chi connectivity index (χ0) is 19.0. The Bertz CT molecular complexity index is 1030. The third kappa shape index (κ3) is 3.36. The summed E-state index contributed by atoms with van der Waals surface area (Å²) in [4.78, 5) is 29.7. The molecule has 0 bridgehead atoms. The number of aryl methyl sites for hydroxylation is 1. The minimum Gasteiger partial charge on any atom is -0.361 e. The number of amides is 2. The molecule has 2 amide bonds. The van der Waals surface area contributed by atoms with E-state index in [1.165, 1.54) is 4.90 Å². The normalized spacial score (nSPS) is 17.3. The molecule has 3 aromatic rings. The quantitative estimate of drug-likeness (QED) is 0.664. The fraction of sp³-hybridized carbons (Fsp3) is 0.238. The number of H-pyrrole nitrogens is 1. The number of hydrogen-bond acceptors (Lipinski definition) is 3. The molecule has 1 saturated heterocycles. The summed E-state index contributed by atoms with van der Waals surface area (Å²) in [5, 5.41) is 5.02. The molecule has 1 fully saturated rings. The van der Waals surface area contributed by atoms with E-state index in [9.17, 15) is 9.59 Å². The highest BCUT2D eigenvalue weighted by molar-refractivity contribution is 6.31. The number of nitrogens with one attached hydrogen (secondary N) is 2. The summed E-state index contributed by atoms with van der Waals surface area (Å²) >= 11 is 6.09. The molecule has 1 aromatic heterocycles. The maximum Gasteiger partial charge on any atom is 0.251 e. The van der Waals surface area contributed by atoms with Gasteiger partial charge in [0, 0.05) is 28.7 Å². The van der Waals surface area contributed by atoms with Crippen LogP contribution in [0, 0.1) is 6.92 Å². The van der Waals surface area contributed by atoms with Crippen LogP contribution in [0.15, 0.2) is 48.7 Å². The fourth-order valence-corrected chi connectivity index (χ4v) is 3.77. The molecule has 6 heteroatoms. The van der Waals surface area contributed by atoms with Crippen molar-refractivity contribution >= 4 is 40.0 Å². The molecule has 138 valence electrons.